The smallest absolute Gasteiger partial charge is 0.255 e. The van der Waals surface area contributed by atoms with E-state index in [1.165, 1.54) is 5.56 Å². The van der Waals surface area contributed by atoms with Gasteiger partial charge in [0.2, 0.25) is 11.8 Å². The van der Waals surface area contributed by atoms with Gasteiger partial charge in [-0.3, -0.25) is 24.6 Å². The van der Waals surface area contributed by atoms with Crippen LogP contribution in [0.1, 0.15) is 47.2 Å². The average molecular weight is 370 g/mol. The molecule has 1 aromatic rings. The van der Waals surface area contributed by atoms with Crippen LogP contribution in [0.4, 0.5) is 0 Å². The lowest BCUT2D eigenvalue weighted by Crippen LogP contribution is -2.52. The third-order valence-electron chi connectivity index (χ3n) is 6.07. The maximum Gasteiger partial charge on any atom is 0.255 e. The maximum absolute atomic E-state index is 12.9. The molecule has 27 heavy (non-hydrogen) atoms. The number of amides is 3. The fourth-order valence-electron chi connectivity index (χ4n) is 4.42. The molecule has 0 aliphatic carbocycles. The summed E-state index contributed by atoms with van der Waals surface area (Å²) in [6.07, 6.45) is 2.95. The Labute approximate surface area is 159 Å². The molecule has 0 aromatic heterocycles. The monoisotopic (exact) mass is 370 g/mol. The molecule has 0 spiro atoms. The molecule has 0 bridgehead atoms. The molecule has 2 saturated heterocycles. The normalized spacial score (nSPS) is 24.3. The highest BCUT2D eigenvalue weighted by molar-refractivity contribution is 6.05. The molecule has 0 saturated carbocycles. The van der Waals surface area contributed by atoms with E-state index >= 15 is 0 Å². The zero-order valence-corrected chi connectivity index (χ0v) is 15.7. The molecule has 2 fully saturated rings. The van der Waals surface area contributed by atoms with Crippen molar-refractivity contribution >= 4 is 17.7 Å². The largest absolute Gasteiger partial charge is 0.322 e. The van der Waals surface area contributed by atoms with Crippen LogP contribution in [-0.4, -0.2) is 59.7 Å². The van der Waals surface area contributed by atoms with E-state index in [1.807, 2.05) is 19.2 Å². The van der Waals surface area contributed by atoms with Crippen molar-refractivity contribution in [2.45, 2.75) is 50.9 Å². The van der Waals surface area contributed by atoms with E-state index in [0.717, 1.165) is 38.0 Å². The molecule has 144 valence electrons. The Morgan fingerprint density at radius 2 is 1.93 bits per heavy atom. The Balaban J connectivity index is 1.49. The SMILES string of the molecule is CNC1CCN(Cc2cccc3c2CN(C2CCC(=O)NC2=O)C3=O)CC1. The van der Waals surface area contributed by atoms with Gasteiger partial charge < -0.3 is 10.2 Å². The van der Waals surface area contributed by atoms with Crippen molar-refractivity contribution in [3.8, 4) is 0 Å². The third-order valence-corrected chi connectivity index (χ3v) is 6.07. The van der Waals surface area contributed by atoms with E-state index in [0.29, 0.717) is 24.6 Å². The summed E-state index contributed by atoms with van der Waals surface area (Å²) in [4.78, 5) is 40.6. The second-order valence-electron chi connectivity index (χ2n) is 7.68. The number of hydrogen-bond donors (Lipinski definition) is 2. The van der Waals surface area contributed by atoms with E-state index in [9.17, 15) is 14.4 Å². The molecule has 1 aromatic carbocycles. The number of carbonyl (C=O) groups is 3. The van der Waals surface area contributed by atoms with Gasteiger partial charge >= 0.3 is 0 Å². The molecular weight excluding hydrogens is 344 g/mol. The van der Waals surface area contributed by atoms with Gasteiger partial charge in [-0.1, -0.05) is 12.1 Å². The van der Waals surface area contributed by atoms with Crippen LogP contribution in [0.3, 0.4) is 0 Å². The molecule has 1 unspecified atom stereocenters. The van der Waals surface area contributed by atoms with Gasteiger partial charge in [0.15, 0.2) is 0 Å². The summed E-state index contributed by atoms with van der Waals surface area (Å²) < 4.78 is 0. The number of nitrogens with one attached hydrogen (secondary N) is 2. The standard InChI is InChI=1S/C20H26N4O3/c1-21-14-7-9-23(10-8-14)11-13-3-2-4-15-16(13)12-24(20(15)27)17-5-6-18(25)22-19(17)26/h2-4,14,17,21H,5-12H2,1H3,(H,22,25,26). The van der Waals surface area contributed by atoms with Crippen molar-refractivity contribution in [3.63, 3.8) is 0 Å². The van der Waals surface area contributed by atoms with E-state index in [4.69, 9.17) is 0 Å². The Bertz CT molecular complexity index is 770. The van der Waals surface area contributed by atoms with Gasteiger partial charge in [0.1, 0.15) is 6.04 Å². The molecule has 3 aliphatic heterocycles. The second-order valence-corrected chi connectivity index (χ2v) is 7.68. The molecule has 7 heteroatoms. The molecule has 1 atom stereocenters. The lowest BCUT2D eigenvalue weighted by molar-refractivity contribution is -0.136. The first-order chi connectivity index (χ1) is 13.1. The van der Waals surface area contributed by atoms with Crippen molar-refractivity contribution < 1.29 is 14.4 Å². The summed E-state index contributed by atoms with van der Waals surface area (Å²) in [5.74, 6) is -0.718. The van der Waals surface area contributed by atoms with Crippen molar-refractivity contribution in [1.29, 1.82) is 0 Å². The van der Waals surface area contributed by atoms with Crippen LogP contribution in [0.5, 0.6) is 0 Å². The number of benzene rings is 1. The summed E-state index contributed by atoms with van der Waals surface area (Å²) in [5.41, 5.74) is 2.89. The first-order valence-corrected chi connectivity index (χ1v) is 9.72. The van der Waals surface area contributed by atoms with Crippen LogP contribution in [-0.2, 0) is 22.7 Å². The number of nitrogens with zero attached hydrogens (tertiary/aromatic N) is 2. The predicted molar refractivity (Wildman–Crippen MR) is 99.8 cm³/mol. The number of rotatable bonds is 4. The van der Waals surface area contributed by atoms with Crippen LogP contribution in [0.15, 0.2) is 18.2 Å². The van der Waals surface area contributed by atoms with Gasteiger partial charge in [-0.15, -0.1) is 0 Å². The highest BCUT2D eigenvalue weighted by Gasteiger charge is 2.39. The van der Waals surface area contributed by atoms with E-state index in [2.05, 4.69) is 21.6 Å². The first-order valence-electron chi connectivity index (χ1n) is 9.72. The van der Waals surface area contributed by atoms with Crippen molar-refractivity contribution in [3.05, 3.63) is 34.9 Å². The Morgan fingerprint density at radius 1 is 1.15 bits per heavy atom. The molecular formula is C20H26N4O3. The molecule has 0 radical (unpaired) electrons. The lowest BCUT2D eigenvalue weighted by Gasteiger charge is -2.32. The third kappa shape index (κ3) is 3.49. The zero-order valence-electron chi connectivity index (χ0n) is 15.7. The van der Waals surface area contributed by atoms with Crippen LogP contribution in [0.25, 0.3) is 0 Å². The van der Waals surface area contributed by atoms with Crippen LogP contribution in [0, 0.1) is 0 Å². The topological polar surface area (TPSA) is 81.8 Å². The number of carbonyl (C=O) groups excluding carboxylic acids is 3. The summed E-state index contributed by atoms with van der Waals surface area (Å²) in [7, 11) is 2.01. The Kier molecular flexibility index (Phi) is 4.97. The van der Waals surface area contributed by atoms with E-state index < -0.39 is 6.04 Å². The van der Waals surface area contributed by atoms with Gasteiger partial charge in [-0.2, -0.15) is 0 Å². The first kappa shape index (κ1) is 18.1. The highest BCUT2D eigenvalue weighted by atomic mass is 16.2. The van der Waals surface area contributed by atoms with Gasteiger partial charge in [-0.25, -0.2) is 0 Å². The Morgan fingerprint density at radius 3 is 2.63 bits per heavy atom. The highest BCUT2D eigenvalue weighted by Crippen LogP contribution is 2.30. The minimum absolute atomic E-state index is 0.102. The minimum Gasteiger partial charge on any atom is -0.322 e. The van der Waals surface area contributed by atoms with Crippen LogP contribution >= 0.6 is 0 Å². The molecule has 3 aliphatic rings. The average Bonchev–Trinajstić information content (AvgIpc) is 3.00. The number of piperidine rings is 2. The molecule has 7 nitrogen and oxygen atoms in total. The minimum atomic E-state index is -0.554. The predicted octanol–water partition coefficient (Wildman–Crippen LogP) is 0.631. The molecule has 3 heterocycles. The van der Waals surface area contributed by atoms with Gasteiger partial charge in [0.25, 0.3) is 5.91 Å². The summed E-state index contributed by atoms with van der Waals surface area (Å²) >= 11 is 0. The lowest BCUT2D eigenvalue weighted by atomic mass is 10.0. The fraction of sp³-hybridized carbons (Fsp3) is 0.550. The number of fused-ring (bicyclic) bond motifs is 1. The molecule has 3 amide bonds. The zero-order chi connectivity index (χ0) is 19.0. The number of likely N-dealkylation sites (tertiary alicyclic amines) is 1. The van der Waals surface area contributed by atoms with Gasteiger partial charge in [0, 0.05) is 31.1 Å². The second kappa shape index (κ2) is 7.40. The number of imide groups is 1. The quantitative estimate of drug-likeness (QED) is 0.760. The van der Waals surface area contributed by atoms with Crippen LogP contribution in [0.2, 0.25) is 0 Å². The Hall–Kier alpha value is -2.25. The maximum atomic E-state index is 12.9. The molecule has 2 N–H and O–H groups in total. The van der Waals surface area contributed by atoms with Crippen LogP contribution < -0.4 is 10.6 Å². The van der Waals surface area contributed by atoms with Crippen molar-refractivity contribution in [2.24, 2.45) is 0 Å². The summed E-state index contributed by atoms with van der Waals surface area (Å²) in [6, 6.07) is 5.90. The molecule has 4 rings (SSSR count). The van der Waals surface area contributed by atoms with Crippen molar-refractivity contribution in [2.75, 3.05) is 20.1 Å². The van der Waals surface area contributed by atoms with E-state index in [-0.39, 0.29) is 24.1 Å². The summed E-state index contributed by atoms with van der Waals surface area (Å²) in [6.45, 7) is 3.36. The van der Waals surface area contributed by atoms with Gasteiger partial charge in [0.05, 0.1) is 0 Å². The van der Waals surface area contributed by atoms with Crippen molar-refractivity contribution in [1.82, 2.24) is 20.4 Å². The number of hydrogen-bond acceptors (Lipinski definition) is 5. The van der Waals surface area contributed by atoms with Gasteiger partial charge in [-0.05, 0) is 56.6 Å². The van der Waals surface area contributed by atoms with E-state index in [1.54, 1.807) is 4.90 Å². The fourth-order valence-corrected chi connectivity index (χ4v) is 4.42. The summed E-state index contributed by atoms with van der Waals surface area (Å²) in [5, 5.41) is 5.70.